The lowest BCUT2D eigenvalue weighted by Gasteiger charge is -2.23. The molecule has 4 rings (SSSR count). The predicted molar refractivity (Wildman–Crippen MR) is 114 cm³/mol. The maximum atomic E-state index is 13.1. The van der Waals surface area contributed by atoms with Crippen LogP contribution in [0.4, 0.5) is 0 Å². The fraction of sp³-hybridized carbons (Fsp3) is 0.333. The van der Waals surface area contributed by atoms with Crippen LogP contribution in [0.15, 0.2) is 52.9 Å². The summed E-state index contributed by atoms with van der Waals surface area (Å²) in [5, 5.41) is 3.12. The van der Waals surface area contributed by atoms with Gasteiger partial charge >= 0.3 is 0 Å². The summed E-state index contributed by atoms with van der Waals surface area (Å²) in [7, 11) is 0. The van der Waals surface area contributed by atoms with Gasteiger partial charge in [-0.3, -0.25) is 4.79 Å². The first-order valence-electron chi connectivity index (χ1n) is 10.3. The van der Waals surface area contributed by atoms with E-state index in [0.717, 1.165) is 23.3 Å². The van der Waals surface area contributed by atoms with Crippen molar-refractivity contribution in [3.63, 3.8) is 0 Å². The minimum Gasteiger partial charge on any atom is -0.490 e. The highest BCUT2D eigenvalue weighted by Gasteiger charge is 2.25. The zero-order chi connectivity index (χ0) is 21.1. The number of hydrogen-bond acceptors (Lipinski definition) is 5. The van der Waals surface area contributed by atoms with Gasteiger partial charge in [0.05, 0.1) is 19.3 Å². The number of hydrogen-bond donors (Lipinski definition) is 1. The number of nitrogens with zero attached hydrogens (tertiary/aromatic N) is 1. The Morgan fingerprint density at radius 2 is 1.77 bits per heavy atom. The summed E-state index contributed by atoms with van der Waals surface area (Å²) >= 11 is 0. The van der Waals surface area contributed by atoms with Gasteiger partial charge in [-0.25, -0.2) is 4.98 Å². The van der Waals surface area contributed by atoms with Crippen LogP contribution in [0.25, 0.3) is 11.5 Å². The summed E-state index contributed by atoms with van der Waals surface area (Å²) < 4.78 is 17.3. The van der Waals surface area contributed by atoms with Crippen molar-refractivity contribution in [3.8, 4) is 23.0 Å². The number of rotatable bonds is 5. The number of benzene rings is 2. The highest BCUT2D eigenvalue weighted by atomic mass is 16.5. The number of fused-ring (bicyclic) bond motifs is 1. The Bertz CT molecular complexity index is 1030. The number of aromatic nitrogens is 1. The Balaban J connectivity index is 1.58. The molecule has 1 N–H and O–H groups in total. The van der Waals surface area contributed by atoms with Gasteiger partial charge in [0.25, 0.3) is 5.91 Å². The zero-order valence-corrected chi connectivity index (χ0v) is 17.5. The van der Waals surface area contributed by atoms with Crippen LogP contribution >= 0.6 is 0 Å². The van der Waals surface area contributed by atoms with Gasteiger partial charge < -0.3 is 19.2 Å². The lowest BCUT2D eigenvalue weighted by molar-refractivity contribution is 0.0919. The molecule has 0 spiro atoms. The van der Waals surface area contributed by atoms with E-state index < -0.39 is 0 Å². The van der Waals surface area contributed by atoms with E-state index in [-0.39, 0.29) is 17.9 Å². The molecule has 1 aliphatic rings. The number of ether oxygens (including phenoxy) is 2. The Hall–Kier alpha value is -3.28. The standard InChI is InChI=1S/C24H26N2O4/c1-15(2)21(18-10-11-19-20(14-18)29-13-7-12-28-19)25-23(27)22-16(3)30-24(26-22)17-8-5-4-6-9-17/h4-6,8-11,14-15,21H,7,12-13H2,1-3H3,(H,25,27). The number of amides is 1. The molecule has 1 aromatic heterocycles. The molecule has 0 saturated carbocycles. The van der Waals surface area contributed by atoms with E-state index in [1.807, 2.05) is 48.5 Å². The molecule has 2 heterocycles. The molecule has 6 nitrogen and oxygen atoms in total. The van der Waals surface area contributed by atoms with E-state index in [2.05, 4.69) is 24.1 Å². The molecule has 3 aromatic rings. The molecule has 0 aliphatic carbocycles. The molecule has 30 heavy (non-hydrogen) atoms. The van der Waals surface area contributed by atoms with E-state index in [4.69, 9.17) is 13.9 Å². The van der Waals surface area contributed by atoms with Gasteiger partial charge in [-0.2, -0.15) is 0 Å². The highest BCUT2D eigenvalue weighted by Crippen LogP contribution is 2.34. The van der Waals surface area contributed by atoms with E-state index in [1.54, 1.807) is 6.92 Å². The Morgan fingerprint density at radius 3 is 2.50 bits per heavy atom. The van der Waals surface area contributed by atoms with Crippen molar-refractivity contribution in [3.05, 3.63) is 65.5 Å². The zero-order valence-electron chi connectivity index (χ0n) is 17.5. The summed E-state index contributed by atoms with van der Waals surface area (Å²) in [4.78, 5) is 17.5. The van der Waals surface area contributed by atoms with E-state index in [9.17, 15) is 4.79 Å². The first-order valence-corrected chi connectivity index (χ1v) is 10.3. The van der Waals surface area contributed by atoms with Crippen LogP contribution in [0.2, 0.25) is 0 Å². The van der Waals surface area contributed by atoms with Crippen LogP contribution in [0, 0.1) is 12.8 Å². The molecule has 1 amide bonds. The molecular weight excluding hydrogens is 380 g/mol. The molecule has 1 atom stereocenters. The maximum absolute atomic E-state index is 13.1. The second-order valence-electron chi connectivity index (χ2n) is 7.74. The first-order chi connectivity index (χ1) is 14.5. The molecular formula is C24H26N2O4. The Labute approximate surface area is 176 Å². The monoisotopic (exact) mass is 406 g/mol. The van der Waals surface area contributed by atoms with Crippen molar-refractivity contribution in [2.24, 2.45) is 5.92 Å². The van der Waals surface area contributed by atoms with E-state index in [0.29, 0.717) is 36.3 Å². The second kappa shape index (κ2) is 8.61. The van der Waals surface area contributed by atoms with Crippen molar-refractivity contribution >= 4 is 5.91 Å². The number of carbonyl (C=O) groups excluding carboxylic acids is 1. The minimum absolute atomic E-state index is 0.166. The number of oxazole rings is 1. The van der Waals surface area contributed by atoms with Crippen LogP contribution < -0.4 is 14.8 Å². The first kappa shape index (κ1) is 20.0. The number of aryl methyl sites for hydroxylation is 1. The normalized spacial score (nSPS) is 14.3. The summed E-state index contributed by atoms with van der Waals surface area (Å²) in [5.41, 5.74) is 2.10. The van der Waals surface area contributed by atoms with Crippen LogP contribution in [0.3, 0.4) is 0 Å². The Morgan fingerprint density at radius 1 is 1.03 bits per heavy atom. The summed E-state index contributed by atoms with van der Waals surface area (Å²) in [5.74, 6) is 2.30. The lowest BCUT2D eigenvalue weighted by atomic mass is 9.95. The van der Waals surface area contributed by atoms with Crippen LogP contribution in [-0.4, -0.2) is 24.1 Å². The molecule has 0 radical (unpaired) electrons. The molecule has 156 valence electrons. The second-order valence-corrected chi connectivity index (χ2v) is 7.74. The fourth-order valence-corrected chi connectivity index (χ4v) is 3.53. The van der Waals surface area contributed by atoms with Gasteiger partial charge in [-0.15, -0.1) is 0 Å². The van der Waals surface area contributed by atoms with Crippen molar-refractivity contribution in [1.82, 2.24) is 10.3 Å². The largest absolute Gasteiger partial charge is 0.490 e. The average Bonchev–Trinajstić information content (AvgIpc) is 2.99. The lowest BCUT2D eigenvalue weighted by Crippen LogP contribution is -2.32. The smallest absolute Gasteiger partial charge is 0.274 e. The maximum Gasteiger partial charge on any atom is 0.274 e. The highest BCUT2D eigenvalue weighted by molar-refractivity contribution is 5.94. The molecule has 1 aliphatic heterocycles. The SMILES string of the molecule is Cc1oc(-c2ccccc2)nc1C(=O)NC(c1ccc2c(c1)OCCCO2)C(C)C. The molecule has 0 bridgehead atoms. The third-order valence-corrected chi connectivity index (χ3v) is 5.12. The van der Waals surface area contributed by atoms with Crippen molar-refractivity contribution in [1.29, 1.82) is 0 Å². The third-order valence-electron chi connectivity index (χ3n) is 5.12. The predicted octanol–water partition coefficient (Wildman–Crippen LogP) is 4.94. The van der Waals surface area contributed by atoms with Gasteiger partial charge in [0.15, 0.2) is 17.2 Å². The minimum atomic E-state index is -0.260. The summed E-state index contributed by atoms with van der Waals surface area (Å²) in [6.07, 6.45) is 0.851. The van der Waals surface area contributed by atoms with Gasteiger partial charge in [-0.05, 0) is 42.7 Å². The molecule has 0 fully saturated rings. The molecule has 0 saturated heterocycles. The van der Waals surface area contributed by atoms with E-state index >= 15 is 0 Å². The Kier molecular flexibility index (Phi) is 5.74. The van der Waals surface area contributed by atoms with Crippen LogP contribution in [0.1, 0.15) is 48.1 Å². The van der Waals surface area contributed by atoms with Crippen molar-refractivity contribution in [2.45, 2.75) is 33.2 Å². The number of nitrogens with one attached hydrogen (secondary N) is 1. The van der Waals surface area contributed by atoms with E-state index in [1.165, 1.54) is 0 Å². The van der Waals surface area contributed by atoms with Crippen molar-refractivity contribution in [2.75, 3.05) is 13.2 Å². The summed E-state index contributed by atoms with van der Waals surface area (Å²) in [6, 6.07) is 15.2. The third kappa shape index (κ3) is 4.17. The number of carbonyl (C=O) groups is 1. The van der Waals surface area contributed by atoms with Gasteiger partial charge in [0.2, 0.25) is 5.89 Å². The quantitative estimate of drug-likeness (QED) is 0.650. The van der Waals surface area contributed by atoms with Crippen LogP contribution in [0.5, 0.6) is 11.5 Å². The van der Waals surface area contributed by atoms with Crippen LogP contribution in [-0.2, 0) is 0 Å². The van der Waals surface area contributed by atoms with Gasteiger partial charge in [0, 0.05) is 12.0 Å². The fourth-order valence-electron chi connectivity index (χ4n) is 3.53. The molecule has 1 unspecified atom stereocenters. The molecule has 2 aromatic carbocycles. The van der Waals surface area contributed by atoms with Gasteiger partial charge in [-0.1, -0.05) is 38.1 Å². The van der Waals surface area contributed by atoms with Gasteiger partial charge in [0.1, 0.15) is 5.76 Å². The topological polar surface area (TPSA) is 73.6 Å². The average molecular weight is 406 g/mol. The summed E-state index contributed by atoms with van der Waals surface area (Å²) in [6.45, 7) is 7.16. The molecule has 6 heteroatoms. The van der Waals surface area contributed by atoms with Crippen molar-refractivity contribution < 1.29 is 18.7 Å².